The number of ether oxygens (including phenoxy) is 3. The number of carbonyl (C=O) groups is 1. The molecule has 0 fully saturated rings. The van der Waals surface area contributed by atoms with Crippen molar-refractivity contribution in [3.05, 3.63) is 47.4 Å². The number of allylic oxidation sites excluding steroid dienone is 1. The summed E-state index contributed by atoms with van der Waals surface area (Å²) in [6.45, 7) is 6.45. The summed E-state index contributed by atoms with van der Waals surface area (Å²) < 4.78 is 16.2. The summed E-state index contributed by atoms with van der Waals surface area (Å²) >= 11 is 1.47. The summed E-state index contributed by atoms with van der Waals surface area (Å²) in [5, 5.41) is 9.71. The molecule has 0 radical (unpaired) electrons. The molecule has 1 N–H and O–H groups in total. The maximum atomic E-state index is 10.9. The van der Waals surface area contributed by atoms with Crippen molar-refractivity contribution in [3.63, 3.8) is 0 Å². The number of hydrogen-bond acceptors (Lipinski definition) is 6. The molecule has 0 aliphatic heterocycles. The number of nitrogens with zero attached hydrogens (tertiary/aromatic N) is 1. The highest BCUT2D eigenvalue weighted by Gasteiger charge is 2.07. The Morgan fingerprint density at radius 2 is 1.72 bits per heavy atom. The van der Waals surface area contributed by atoms with Gasteiger partial charge < -0.3 is 19.3 Å². The fourth-order valence-electron chi connectivity index (χ4n) is 1.83. The molecule has 0 heterocycles. The number of aromatic carboxylic acids is 1. The fraction of sp³-hybridized carbons (Fsp3) is 0.444. The number of hydrogen-bond donors (Lipinski definition) is 1. The van der Waals surface area contributed by atoms with Gasteiger partial charge in [-0.2, -0.15) is 0 Å². The van der Waals surface area contributed by atoms with E-state index in [1.54, 1.807) is 30.3 Å². The Hall–Kier alpha value is -1.83. The van der Waals surface area contributed by atoms with Crippen molar-refractivity contribution >= 4 is 22.8 Å². The van der Waals surface area contributed by atoms with Crippen LogP contribution in [0.2, 0.25) is 0 Å². The van der Waals surface area contributed by atoms with E-state index in [9.17, 15) is 4.79 Å². The molecule has 0 saturated heterocycles. The summed E-state index contributed by atoms with van der Waals surface area (Å²) in [6.07, 6.45) is 3.69. The van der Waals surface area contributed by atoms with E-state index in [4.69, 9.17) is 19.3 Å². The Labute approximate surface area is 152 Å². The second-order valence-corrected chi connectivity index (χ2v) is 5.58. The van der Waals surface area contributed by atoms with Crippen LogP contribution in [0.3, 0.4) is 0 Å². The third-order valence-electron chi connectivity index (χ3n) is 3.08. The first-order valence-corrected chi connectivity index (χ1v) is 9.25. The Bertz CT molecular complexity index is 584. The molecule has 0 saturated carbocycles. The Balaban J connectivity index is 2.57. The van der Waals surface area contributed by atoms with Crippen molar-refractivity contribution in [2.24, 2.45) is 4.99 Å². The number of thioether (sulfide) groups is 1. The van der Waals surface area contributed by atoms with Gasteiger partial charge in [0.15, 0.2) is 0 Å². The minimum Gasteiger partial charge on any atom is -0.478 e. The first-order chi connectivity index (χ1) is 12.1. The predicted octanol–water partition coefficient (Wildman–Crippen LogP) is 3.43. The van der Waals surface area contributed by atoms with Gasteiger partial charge in [-0.05, 0) is 38.3 Å². The van der Waals surface area contributed by atoms with Crippen LogP contribution in [0.5, 0.6) is 0 Å². The Kier molecular flexibility index (Phi) is 10.6. The van der Waals surface area contributed by atoms with Crippen LogP contribution in [0.15, 0.2) is 41.2 Å². The average Bonchev–Trinajstić information content (AvgIpc) is 2.63. The molecule has 0 atom stereocenters. The molecule has 138 valence electrons. The van der Waals surface area contributed by atoms with Crippen LogP contribution in [0, 0.1) is 0 Å². The molecule has 25 heavy (non-hydrogen) atoms. The van der Waals surface area contributed by atoms with Gasteiger partial charge in [-0.3, -0.25) is 0 Å². The largest absolute Gasteiger partial charge is 0.478 e. The number of rotatable bonds is 11. The second kappa shape index (κ2) is 12.5. The molecule has 0 unspecified atom stereocenters. The molecule has 0 spiro atoms. The van der Waals surface area contributed by atoms with Gasteiger partial charge in [0.05, 0.1) is 25.4 Å². The lowest BCUT2D eigenvalue weighted by Crippen LogP contribution is -2.09. The molecule has 1 aromatic carbocycles. The topological polar surface area (TPSA) is 77.4 Å². The zero-order valence-electron chi connectivity index (χ0n) is 14.9. The molecule has 0 aliphatic rings. The van der Waals surface area contributed by atoms with E-state index >= 15 is 0 Å². The summed E-state index contributed by atoms with van der Waals surface area (Å²) in [6, 6.07) is 6.60. The third kappa shape index (κ3) is 8.20. The Morgan fingerprint density at radius 1 is 1.12 bits per heavy atom. The molecular weight excluding hydrogens is 342 g/mol. The first kappa shape index (κ1) is 21.2. The molecular formula is C18H25NO5S. The van der Waals surface area contributed by atoms with E-state index in [-0.39, 0.29) is 5.56 Å². The number of aliphatic imine (C=N–C) groups is 1. The van der Waals surface area contributed by atoms with Gasteiger partial charge in [0.25, 0.3) is 0 Å². The highest BCUT2D eigenvalue weighted by Crippen LogP contribution is 2.15. The van der Waals surface area contributed by atoms with Gasteiger partial charge in [-0.1, -0.05) is 12.1 Å². The molecule has 0 aliphatic carbocycles. The van der Waals surface area contributed by atoms with Crippen LogP contribution in [0.1, 0.15) is 29.8 Å². The van der Waals surface area contributed by atoms with Gasteiger partial charge in [-0.25, -0.2) is 9.79 Å². The van der Waals surface area contributed by atoms with Crippen LogP contribution in [-0.4, -0.2) is 55.4 Å². The highest BCUT2D eigenvalue weighted by molar-refractivity contribution is 8.13. The SMILES string of the molecule is C/C=C(/N=C(\SC)c1ccc(C(=O)O)cc1)OCCOCCOCC. The molecule has 1 aromatic rings. The lowest BCUT2D eigenvalue weighted by atomic mass is 10.1. The van der Waals surface area contributed by atoms with Gasteiger partial charge in [0, 0.05) is 12.2 Å². The van der Waals surface area contributed by atoms with Crippen molar-refractivity contribution in [1.29, 1.82) is 0 Å². The van der Waals surface area contributed by atoms with Crippen molar-refractivity contribution < 1.29 is 24.1 Å². The normalized spacial score (nSPS) is 12.3. The fourth-order valence-corrected chi connectivity index (χ4v) is 2.39. The lowest BCUT2D eigenvalue weighted by Gasteiger charge is -2.09. The van der Waals surface area contributed by atoms with Gasteiger partial charge >= 0.3 is 5.97 Å². The average molecular weight is 367 g/mol. The zero-order chi connectivity index (χ0) is 18.5. The first-order valence-electron chi connectivity index (χ1n) is 8.03. The third-order valence-corrected chi connectivity index (χ3v) is 3.80. The summed E-state index contributed by atoms with van der Waals surface area (Å²) in [5.74, 6) is -0.448. The highest BCUT2D eigenvalue weighted by atomic mass is 32.2. The van der Waals surface area contributed by atoms with Crippen molar-refractivity contribution in [2.45, 2.75) is 13.8 Å². The number of benzene rings is 1. The summed E-state index contributed by atoms with van der Waals surface area (Å²) in [4.78, 5) is 15.4. The van der Waals surface area contributed by atoms with E-state index in [0.29, 0.717) is 38.9 Å². The molecule has 0 aromatic heterocycles. The van der Waals surface area contributed by atoms with Gasteiger partial charge in [-0.15, -0.1) is 11.8 Å². The predicted molar refractivity (Wildman–Crippen MR) is 100 cm³/mol. The van der Waals surface area contributed by atoms with Crippen LogP contribution in [0.4, 0.5) is 0 Å². The smallest absolute Gasteiger partial charge is 0.335 e. The molecule has 6 nitrogen and oxygen atoms in total. The maximum absolute atomic E-state index is 10.9. The van der Waals surface area contributed by atoms with Crippen LogP contribution in [0.25, 0.3) is 0 Å². The van der Waals surface area contributed by atoms with Crippen molar-refractivity contribution in [1.82, 2.24) is 0 Å². The molecule has 1 rings (SSSR count). The van der Waals surface area contributed by atoms with E-state index in [2.05, 4.69) is 4.99 Å². The summed E-state index contributed by atoms with van der Waals surface area (Å²) in [7, 11) is 0. The zero-order valence-corrected chi connectivity index (χ0v) is 15.7. The summed E-state index contributed by atoms with van der Waals surface area (Å²) in [5.41, 5.74) is 1.09. The van der Waals surface area contributed by atoms with E-state index in [1.165, 1.54) is 11.8 Å². The number of carboxylic acids is 1. The van der Waals surface area contributed by atoms with Crippen molar-refractivity contribution in [2.75, 3.05) is 39.3 Å². The standard InChI is InChI=1S/C18H25NO5S/c1-4-16(24-13-12-23-11-10-22-5-2)19-17(25-3)14-6-8-15(9-7-14)18(20)21/h4,6-9H,5,10-13H2,1-3H3,(H,20,21)/b16-4-,19-17-. The maximum Gasteiger partial charge on any atom is 0.335 e. The van der Waals surface area contributed by atoms with Gasteiger partial charge in [0.2, 0.25) is 5.88 Å². The quantitative estimate of drug-likeness (QED) is 0.279. The Morgan fingerprint density at radius 3 is 2.28 bits per heavy atom. The minimum absolute atomic E-state index is 0.246. The minimum atomic E-state index is -0.948. The van der Waals surface area contributed by atoms with Crippen LogP contribution >= 0.6 is 11.8 Å². The van der Waals surface area contributed by atoms with Gasteiger partial charge in [0.1, 0.15) is 11.7 Å². The molecule has 0 bridgehead atoms. The van der Waals surface area contributed by atoms with E-state index < -0.39 is 5.97 Å². The molecule has 7 heteroatoms. The van der Waals surface area contributed by atoms with Crippen LogP contribution in [-0.2, 0) is 14.2 Å². The van der Waals surface area contributed by atoms with E-state index in [1.807, 2.05) is 20.1 Å². The lowest BCUT2D eigenvalue weighted by molar-refractivity contribution is 0.0302. The monoisotopic (exact) mass is 367 g/mol. The van der Waals surface area contributed by atoms with Crippen molar-refractivity contribution in [3.8, 4) is 0 Å². The van der Waals surface area contributed by atoms with E-state index in [0.717, 1.165) is 10.6 Å². The molecule has 0 amide bonds. The second-order valence-electron chi connectivity index (χ2n) is 4.79. The van der Waals surface area contributed by atoms with Crippen LogP contribution < -0.4 is 0 Å². The number of carboxylic acid groups (broad SMARTS) is 1.